The first-order valence-electron chi connectivity index (χ1n) is 9.20. The van der Waals surface area contributed by atoms with Gasteiger partial charge in [0.05, 0.1) is 0 Å². The van der Waals surface area contributed by atoms with Crippen LogP contribution < -0.4 is 10.6 Å². The van der Waals surface area contributed by atoms with E-state index in [4.69, 9.17) is 0 Å². The highest BCUT2D eigenvalue weighted by atomic mass is 31.2. The van der Waals surface area contributed by atoms with E-state index in [2.05, 4.69) is 4.99 Å². The molecule has 0 fully saturated rings. The Balaban J connectivity index is 2.51. The highest BCUT2D eigenvalue weighted by Gasteiger charge is 2.43. The zero-order valence-corrected chi connectivity index (χ0v) is 17.3. The quantitative estimate of drug-likeness (QED) is 0.538. The highest BCUT2D eigenvalue weighted by Crippen LogP contribution is 2.57. The van der Waals surface area contributed by atoms with Gasteiger partial charge in [-0.15, -0.1) is 0 Å². The lowest BCUT2D eigenvalue weighted by molar-refractivity contribution is -0.138. The molecule has 1 N–H and O–H groups in total. The van der Waals surface area contributed by atoms with Gasteiger partial charge in [-0.25, -0.2) is 4.79 Å². The second kappa shape index (κ2) is 8.67. The van der Waals surface area contributed by atoms with Crippen LogP contribution in [0, 0.1) is 0 Å². The summed E-state index contributed by atoms with van der Waals surface area (Å²) in [6.07, 6.45) is 0.889. The van der Waals surface area contributed by atoms with Crippen LogP contribution in [0.25, 0.3) is 0 Å². The van der Waals surface area contributed by atoms with Crippen molar-refractivity contribution in [2.24, 2.45) is 4.99 Å². The number of rotatable bonds is 8. The molecule has 1 unspecified atom stereocenters. The summed E-state index contributed by atoms with van der Waals surface area (Å²) in [5, 5.41) is 10.3. The van der Waals surface area contributed by atoms with Gasteiger partial charge in [-0.2, -0.15) is 0 Å². The fourth-order valence-electron chi connectivity index (χ4n) is 3.49. The number of aliphatic carboxylic acids is 1. The topological polar surface area (TPSA) is 66.7 Å². The van der Waals surface area contributed by atoms with Crippen LogP contribution in [-0.2, 0) is 9.36 Å². The molecule has 4 nitrogen and oxygen atoms in total. The second-order valence-corrected chi connectivity index (χ2v) is 10.9. The standard InChI is InChI=1S/C22H28NO3P/c1-5-20(21(24)25)23-17(2)16-22(3,4)27(26,18-12-8-6-9-13-18)19-14-10-7-11-15-19/h6-15,20H,5,16H2,1-4H3,(H,24,25). The molecule has 0 heterocycles. The zero-order chi connectivity index (χ0) is 20.1. The normalized spacial score (nSPS) is 14.0. The second-order valence-electron chi connectivity index (χ2n) is 7.40. The van der Waals surface area contributed by atoms with Gasteiger partial charge in [0.1, 0.15) is 13.2 Å². The lowest BCUT2D eigenvalue weighted by Crippen LogP contribution is -2.35. The third-order valence-corrected chi connectivity index (χ3v) is 8.74. The molecule has 0 aliphatic carbocycles. The Morgan fingerprint density at radius 1 is 1.04 bits per heavy atom. The molecule has 0 radical (unpaired) electrons. The maximum atomic E-state index is 14.5. The predicted molar refractivity (Wildman–Crippen MR) is 113 cm³/mol. The van der Waals surface area contributed by atoms with Crippen LogP contribution >= 0.6 is 7.14 Å². The largest absolute Gasteiger partial charge is 0.480 e. The minimum Gasteiger partial charge on any atom is -0.480 e. The van der Waals surface area contributed by atoms with Crippen molar-refractivity contribution in [1.29, 1.82) is 0 Å². The molecule has 2 aromatic carbocycles. The molecule has 1 atom stereocenters. The molecular weight excluding hydrogens is 357 g/mol. The zero-order valence-electron chi connectivity index (χ0n) is 16.4. The number of hydrogen-bond donors (Lipinski definition) is 1. The number of carboxylic acids is 1. The maximum Gasteiger partial charge on any atom is 0.328 e. The summed E-state index contributed by atoms with van der Waals surface area (Å²) in [5.74, 6) is -0.927. The van der Waals surface area contributed by atoms with E-state index < -0.39 is 24.3 Å². The lowest BCUT2D eigenvalue weighted by atomic mass is 10.1. The van der Waals surface area contributed by atoms with Gasteiger partial charge in [-0.1, -0.05) is 81.4 Å². The molecule has 0 aromatic heterocycles. The van der Waals surface area contributed by atoms with Crippen LogP contribution in [0.4, 0.5) is 0 Å². The van der Waals surface area contributed by atoms with E-state index in [9.17, 15) is 14.5 Å². The van der Waals surface area contributed by atoms with Crippen molar-refractivity contribution in [3.8, 4) is 0 Å². The molecule has 0 spiro atoms. The van der Waals surface area contributed by atoms with E-state index in [0.717, 1.165) is 10.6 Å². The van der Waals surface area contributed by atoms with Crippen LogP contribution in [0.2, 0.25) is 0 Å². The summed E-state index contributed by atoms with van der Waals surface area (Å²) in [5.41, 5.74) is 0.710. The van der Waals surface area contributed by atoms with Gasteiger partial charge in [0.15, 0.2) is 0 Å². The van der Waals surface area contributed by atoms with Gasteiger partial charge in [-0.3, -0.25) is 4.99 Å². The molecule has 5 heteroatoms. The van der Waals surface area contributed by atoms with Crippen molar-refractivity contribution in [3.63, 3.8) is 0 Å². The number of hydrogen-bond acceptors (Lipinski definition) is 3. The molecule has 0 amide bonds. The fourth-order valence-corrected chi connectivity index (χ4v) is 6.83. The van der Waals surface area contributed by atoms with Gasteiger partial charge in [0.2, 0.25) is 0 Å². The maximum absolute atomic E-state index is 14.5. The fraction of sp³-hybridized carbons (Fsp3) is 0.364. The van der Waals surface area contributed by atoms with Gasteiger partial charge >= 0.3 is 5.97 Å². The number of benzene rings is 2. The van der Waals surface area contributed by atoms with Gasteiger partial charge in [-0.05, 0) is 19.8 Å². The minimum atomic E-state index is -2.98. The summed E-state index contributed by atoms with van der Waals surface area (Å²) >= 11 is 0. The van der Waals surface area contributed by atoms with Crippen LogP contribution in [0.5, 0.6) is 0 Å². The van der Waals surface area contributed by atoms with Crippen molar-refractivity contribution in [2.45, 2.75) is 51.7 Å². The Bertz CT molecular complexity index is 801. The summed E-state index contributed by atoms with van der Waals surface area (Å²) in [4.78, 5) is 15.7. The molecule has 0 aliphatic rings. The molecular formula is C22H28NO3P. The lowest BCUT2D eigenvalue weighted by Gasteiger charge is -2.35. The van der Waals surface area contributed by atoms with Gasteiger partial charge in [0.25, 0.3) is 0 Å². The smallest absolute Gasteiger partial charge is 0.328 e. The first kappa shape index (κ1) is 21.1. The monoisotopic (exact) mass is 385 g/mol. The minimum absolute atomic E-state index is 0.433. The van der Waals surface area contributed by atoms with Crippen LogP contribution in [0.3, 0.4) is 0 Å². The van der Waals surface area contributed by atoms with Crippen molar-refractivity contribution in [2.75, 3.05) is 0 Å². The van der Waals surface area contributed by atoms with Gasteiger partial charge in [0, 0.05) is 21.5 Å². The summed E-state index contributed by atoms with van der Waals surface area (Å²) in [6.45, 7) is 7.59. The van der Waals surface area contributed by atoms with Crippen LogP contribution in [0.15, 0.2) is 65.7 Å². The Hall–Kier alpha value is -2.19. The molecule has 2 aromatic rings. The molecule has 27 heavy (non-hydrogen) atoms. The third-order valence-electron chi connectivity index (χ3n) is 4.83. The number of nitrogens with zero attached hydrogens (tertiary/aromatic N) is 1. The average Bonchev–Trinajstić information content (AvgIpc) is 2.66. The van der Waals surface area contributed by atoms with Crippen molar-refractivity contribution >= 4 is 29.4 Å². The summed E-state index contributed by atoms with van der Waals surface area (Å²) < 4.78 is 14.5. The first-order valence-corrected chi connectivity index (χ1v) is 10.9. The van der Waals surface area contributed by atoms with E-state index in [1.54, 1.807) is 6.92 Å². The molecule has 2 rings (SSSR count). The Labute approximate surface area is 161 Å². The molecule has 144 valence electrons. The Morgan fingerprint density at radius 2 is 1.48 bits per heavy atom. The summed E-state index contributed by atoms with van der Waals surface area (Å²) in [6, 6.07) is 18.3. The molecule has 0 saturated heterocycles. The SMILES string of the molecule is CCC(N=C(C)CC(C)(C)P(=O)(c1ccccc1)c1ccccc1)C(=O)O. The average molecular weight is 385 g/mol. The van der Waals surface area contributed by atoms with E-state index in [-0.39, 0.29) is 0 Å². The number of carbonyl (C=O) groups is 1. The Morgan fingerprint density at radius 3 is 1.85 bits per heavy atom. The van der Waals surface area contributed by atoms with E-state index in [1.807, 2.05) is 81.4 Å². The van der Waals surface area contributed by atoms with Crippen LogP contribution in [0.1, 0.15) is 40.5 Å². The van der Waals surface area contributed by atoms with Crippen molar-refractivity contribution in [3.05, 3.63) is 60.7 Å². The van der Waals surface area contributed by atoms with E-state index >= 15 is 0 Å². The Kier molecular flexibility index (Phi) is 6.78. The van der Waals surface area contributed by atoms with Crippen LogP contribution in [-0.4, -0.2) is 28.0 Å². The van der Waals surface area contributed by atoms with Crippen molar-refractivity contribution < 1.29 is 14.5 Å². The number of carboxylic acid groups (broad SMARTS) is 1. The van der Waals surface area contributed by atoms with E-state index in [0.29, 0.717) is 18.6 Å². The molecule has 0 bridgehead atoms. The van der Waals surface area contributed by atoms with Gasteiger partial charge < -0.3 is 9.67 Å². The summed E-state index contributed by atoms with van der Waals surface area (Å²) in [7, 11) is -2.98. The molecule has 0 aliphatic heterocycles. The molecule has 0 saturated carbocycles. The van der Waals surface area contributed by atoms with Crippen molar-refractivity contribution in [1.82, 2.24) is 0 Å². The highest BCUT2D eigenvalue weighted by molar-refractivity contribution is 7.80. The third kappa shape index (κ3) is 4.56. The first-order chi connectivity index (χ1) is 12.7. The number of aliphatic imine (C=N–C) groups is 1. The predicted octanol–water partition coefficient (Wildman–Crippen LogP) is 4.49. The van der Waals surface area contributed by atoms with E-state index in [1.165, 1.54) is 0 Å².